The van der Waals surface area contributed by atoms with Crippen LogP contribution in [0.3, 0.4) is 0 Å². The maximum Gasteiger partial charge on any atom is 0.433 e. The lowest BCUT2D eigenvalue weighted by molar-refractivity contribution is -0.142. The number of nitrogens with zero attached hydrogens (tertiary/aromatic N) is 5. The van der Waals surface area contributed by atoms with Crippen LogP contribution < -0.4 is 5.32 Å². The number of hydrogen-bond donors (Lipinski definition) is 1. The first-order valence-corrected chi connectivity index (χ1v) is 9.53. The first-order valence-electron chi connectivity index (χ1n) is 9.15. The third-order valence-corrected chi connectivity index (χ3v) is 4.38. The molecule has 3 aromatic rings. The van der Waals surface area contributed by atoms with Crippen molar-refractivity contribution < 1.29 is 27.5 Å². The Kier molecular flexibility index (Phi) is 5.94. The Morgan fingerprint density at radius 2 is 1.94 bits per heavy atom. The number of aryl methyl sites for hydroxylation is 2. The Morgan fingerprint density at radius 1 is 1.26 bits per heavy atom. The van der Waals surface area contributed by atoms with E-state index in [1.165, 1.54) is 17.8 Å². The van der Waals surface area contributed by atoms with Gasteiger partial charge in [0.05, 0.1) is 11.8 Å². The third-order valence-electron chi connectivity index (χ3n) is 4.04. The van der Waals surface area contributed by atoms with Crippen LogP contribution in [0.4, 0.5) is 18.9 Å². The summed E-state index contributed by atoms with van der Waals surface area (Å²) < 4.78 is 47.1. The Morgan fingerprint density at radius 3 is 2.52 bits per heavy atom. The van der Waals surface area contributed by atoms with Gasteiger partial charge in [0.2, 0.25) is 0 Å². The van der Waals surface area contributed by atoms with Gasteiger partial charge < -0.3 is 10.1 Å². The largest absolute Gasteiger partial charge is 0.458 e. The van der Waals surface area contributed by atoms with Gasteiger partial charge in [-0.25, -0.2) is 14.3 Å². The molecule has 1 amide bonds. The van der Waals surface area contributed by atoms with E-state index < -0.39 is 35.5 Å². The first-order chi connectivity index (χ1) is 14.4. The molecule has 0 radical (unpaired) electrons. The highest BCUT2D eigenvalue weighted by atomic mass is 35.5. The minimum atomic E-state index is -4.74. The summed E-state index contributed by atoms with van der Waals surface area (Å²) in [5.41, 5.74) is -2.03. The number of amides is 1. The molecule has 0 aromatic carbocycles. The number of hydrogen-bond acceptors (Lipinski definition) is 6. The van der Waals surface area contributed by atoms with E-state index in [9.17, 15) is 22.8 Å². The quantitative estimate of drug-likeness (QED) is 0.584. The van der Waals surface area contributed by atoms with E-state index in [0.29, 0.717) is 11.1 Å². The molecule has 0 unspecified atom stereocenters. The zero-order valence-corrected chi connectivity index (χ0v) is 17.7. The van der Waals surface area contributed by atoms with Crippen molar-refractivity contribution in [1.29, 1.82) is 0 Å². The molecule has 0 aliphatic carbocycles. The van der Waals surface area contributed by atoms with Gasteiger partial charge >= 0.3 is 12.1 Å². The summed E-state index contributed by atoms with van der Waals surface area (Å²) >= 11 is 6.13. The Hall–Kier alpha value is -3.15. The van der Waals surface area contributed by atoms with Gasteiger partial charge in [0.15, 0.2) is 17.0 Å². The van der Waals surface area contributed by atoms with E-state index >= 15 is 0 Å². The SMILES string of the molecule is CCn1cc(NC(=O)c2nn3c(C(F)(F)F)cc(C)nc3c2Cl)c(C(=O)OC(C)C)n1. The third kappa shape index (κ3) is 4.48. The van der Waals surface area contributed by atoms with Crippen molar-refractivity contribution in [2.24, 2.45) is 0 Å². The van der Waals surface area contributed by atoms with Crippen LogP contribution >= 0.6 is 11.6 Å². The van der Waals surface area contributed by atoms with Crippen molar-refractivity contribution in [2.75, 3.05) is 5.32 Å². The normalized spacial score (nSPS) is 11.9. The average Bonchev–Trinajstić information content (AvgIpc) is 3.21. The molecular formula is C18H18ClF3N6O3. The summed E-state index contributed by atoms with van der Waals surface area (Å²) in [6.45, 7) is 6.82. The van der Waals surface area contributed by atoms with Crippen LogP contribution in [-0.2, 0) is 17.5 Å². The lowest BCUT2D eigenvalue weighted by atomic mass is 10.3. The molecule has 0 bridgehead atoms. The molecule has 0 aliphatic rings. The van der Waals surface area contributed by atoms with Crippen molar-refractivity contribution in [3.05, 3.63) is 40.1 Å². The Bertz CT molecular complexity index is 1170. The first kappa shape index (κ1) is 22.5. The number of ether oxygens (including phenoxy) is 1. The van der Waals surface area contributed by atoms with Crippen LogP contribution in [-0.4, -0.2) is 42.4 Å². The Labute approximate surface area is 179 Å². The zero-order valence-electron chi connectivity index (χ0n) is 16.9. The van der Waals surface area contributed by atoms with Crippen molar-refractivity contribution >= 4 is 34.8 Å². The van der Waals surface area contributed by atoms with Crippen molar-refractivity contribution in [3.8, 4) is 0 Å². The number of alkyl halides is 3. The van der Waals surface area contributed by atoms with Crippen LogP contribution in [0.15, 0.2) is 12.3 Å². The Balaban J connectivity index is 2.03. The van der Waals surface area contributed by atoms with E-state index in [4.69, 9.17) is 16.3 Å². The molecule has 0 saturated heterocycles. The van der Waals surface area contributed by atoms with Gasteiger partial charge in [0.1, 0.15) is 10.7 Å². The van der Waals surface area contributed by atoms with Gasteiger partial charge in [-0.1, -0.05) is 11.6 Å². The molecule has 9 nitrogen and oxygen atoms in total. The molecule has 0 aliphatic heterocycles. The monoisotopic (exact) mass is 458 g/mol. The topological polar surface area (TPSA) is 103 Å². The fourth-order valence-corrected chi connectivity index (χ4v) is 2.98. The average molecular weight is 459 g/mol. The summed E-state index contributed by atoms with van der Waals surface area (Å²) in [5, 5.41) is 9.83. The van der Waals surface area contributed by atoms with Crippen molar-refractivity contribution in [3.63, 3.8) is 0 Å². The van der Waals surface area contributed by atoms with Gasteiger partial charge in [0.25, 0.3) is 5.91 Å². The second-order valence-corrected chi connectivity index (χ2v) is 7.21. The van der Waals surface area contributed by atoms with E-state index in [1.54, 1.807) is 20.8 Å². The van der Waals surface area contributed by atoms with Gasteiger partial charge in [-0.05, 0) is 33.8 Å². The second kappa shape index (κ2) is 8.17. The highest BCUT2D eigenvalue weighted by Gasteiger charge is 2.36. The number of carbonyl (C=O) groups excluding carboxylic acids is 2. The van der Waals surface area contributed by atoms with Crippen LogP contribution in [0.2, 0.25) is 5.02 Å². The molecule has 3 heterocycles. The molecule has 0 spiro atoms. The van der Waals surface area contributed by atoms with Gasteiger partial charge in [-0.15, -0.1) is 0 Å². The van der Waals surface area contributed by atoms with Gasteiger partial charge in [-0.2, -0.15) is 23.4 Å². The number of anilines is 1. The number of halogens is 4. The zero-order chi connectivity index (χ0) is 23.1. The summed E-state index contributed by atoms with van der Waals surface area (Å²) in [5.74, 6) is -1.70. The molecule has 31 heavy (non-hydrogen) atoms. The molecule has 0 saturated carbocycles. The molecule has 3 aromatic heterocycles. The van der Waals surface area contributed by atoms with E-state index in [2.05, 4.69) is 20.5 Å². The van der Waals surface area contributed by atoms with E-state index in [-0.39, 0.29) is 27.7 Å². The molecule has 3 rings (SSSR count). The van der Waals surface area contributed by atoms with Crippen molar-refractivity contribution in [2.45, 2.75) is 46.5 Å². The predicted molar refractivity (Wildman–Crippen MR) is 104 cm³/mol. The molecule has 0 fully saturated rings. The number of fused-ring (bicyclic) bond motifs is 1. The van der Waals surface area contributed by atoms with Crippen LogP contribution in [0.5, 0.6) is 0 Å². The minimum absolute atomic E-state index is 0.00538. The van der Waals surface area contributed by atoms with E-state index in [0.717, 1.165) is 6.07 Å². The van der Waals surface area contributed by atoms with Gasteiger partial charge in [0, 0.05) is 18.4 Å². The summed E-state index contributed by atoms with van der Waals surface area (Å²) in [7, 11) is 0. The fraction of sp³-hybridized carbons (Fsp3) is 0.389. The number of esters is 1. The summed E-state index contributed by atoms with van der Waals surface area (Å²) in [4.78, 5) is 29.0. The van der Waals surface area contributed by atoms with Crippen LogP contribution in [0.1, 0.15) is 53.1 Å². The number of carbonyl (C=O) groups is 2. The maximum atomic E-state index is 13.4. The molecule has 166 valence electrons. The predicted octanol–water partition coefficient (Wildman–Crippen LogP) is 3.74. The fourth-order valence-electron chi connectivity index (χ4n) is 2.74. The van der Waals surface area contributed by atoms with Crippen LogP contribution in [0, 0.1) is 6.92 Å². The molecule has 13 heteroatoms. The molecule has 1 N–H and O–H groups in total. The molecular weight excluding hydrogens is 441 g/mol. The lowest BCUT2D eigenvalue weighted by Crippen LogP contribution is -2.18. The highest BCUT2D eigenvalue weighted by Crippen LogP contribution is 2.32. The summed E-state index contributed by atoms with van der Waals surface area (Å²) in [6.07, 6.45) is -3.78. The van der Waals surface area contributed by atoms with Crippen molar-refractivity contribution in [1.82, 2.24) is 24.4 Å². The smallest absolute Gasteiger partial charge is 0.433 e. The standard InChI is InChI=1S/C18H18ClF3N6O3/c1-5-27-7-10(13(25-27)17(30)31-8(2)3)24-16(29)14-12(19)15-23-9(4)6-11(18(20,21)22)28(15)26-14/h6-8H,5H2,1-4H3,(H,24,29). The van der Waals surface area contributed by atoms with E-state index in [1.807, 2.05) is 0 Å². The highest BCUT2D eigenvalue weighted by molar-refractivity contribution is 6.37. The minimum Gasteiger partial charge on any atom is -0.458 e. The second-order valence-electron chi connectivity index (χ2n) is 6.83. The molecule has 0 atom stereocenters. The van der Waals surface area contributed by atoms with Gasteiger partial charge in [-0.3, -0.25) is 9.48 Å². The van der Waals surface area contributed by atoms with Crippen LogP contribution in [0.25, 0.3) is 5.65 Å². The number of aromatic nitrogens is 5. The lowest BCUT2D eigenvalue weighted by Gasteiger charge is -2.09. The number of nitrogens with one attached hydrogen (secondary N) is 1. The number of rotatable bonds is 5. The maximum absolute atomic E-state index is 13.4. The summed E-state index contributed by atoms with van der Waals surface area (Å²) in [6, 6.07) is 0.795.